The van der Waals surface area contributed by atoms with E-state index < -0.39 is 6.04 Å². The smallest absolute Gasteiger partial charge is 0.241 e. The molecule has 4 unspecified atom stereocenters. The van der Waals surface area contributed by atoms with Gasteiger partial charge in [-0.05, 0) is 42.6 Å². The van der Waals surface area contributed by atoms with Crippen LogP contribution in [0, 0.1) is 17.8 Å². The van der Waals surface area contributed by atoms with Crippen molar-refractivity contribution < 1.29 is 4.79 Å². The van der Waals surface area contributed by atoms with Crippen LogP contribution in [-0.2, 0) is 4.79 Å². The van der Waals surface area contributed by atoms with Crippen LogP contribution in [0.1, 0.15) is 37.3 Å². The highest BCUT2D eigenvalue weighted by Gasteiger charge is 2.39. The molecule has 2 bridgehead atoms. The Kier molecular flexibility index (Phi) is 5.06. The molecule has 0 aromatic heterocycles. The molecular weight excluding hydrogens is 272 g/mol. The van der Waals surface area contributed by atoms with Gasteiger partial charge in [0.2, 0.25) is 5.91 Å². The van der Waals surface area contributed by atoms with Crippen LogP contribution in [0.15, 0.2) is 30.3 Å². The Labute approximate surface area is 126 Å². The summed E-state index contributed by atoms with van der Waals surface area (Å²) in [6.07, 6.45) is 5.44. The molecule has 2 aliphatic carbocycles. The van der Waals surface area contributed by atoms with Gasteiger partial charge in [-0.25, -0.2) is 0 Å². The molecule has 0 radical (unpaired) electrons. The maximum Gasteiger partial charge on any atom is 0.241 e. The van der Waals surface area contributed by atoms with Crippen LogP contribution in [0.4, 0.5) is 0 Å². The largest absolute Gasteiger partial charge is 0.354 e. The third-order valence-corrected chi connectivity index (χ3v) is 4.86. The molecule has 0 spiro atoms. The first kappa shape index (κ1) is 15.3. The molecule has 3 N–H and O–H groups in total. The third-order valence-electron chi connectivity index (χ3n) is 4.86. The van der Waals surface area contributed by atoms with Crippen molar-refractivity contribution in [3.63, 3.8) is 0 Å². The lowest BCUT2D eigenvalue weighted by Crippen LogP contribution is -2.38. The molecule has 4 atom stereocenters. The lowest BCUT2D eigenvalue weighted by molar-refractivity contribution is -0.122. The number of nitrogens with two attached hydrogens (primary N) is 1. The number of hydrogen-bond acceptors (Lipinski definition) is 2. The molecule has 0 saturated heterocycles. The number of nitrogens with one attached hydrogen (secondary N) is 1. The molecule has 1 amide bonds. The fraction of sp³-hybridized carbons (Fsp3) is 0.562. The van der Waals surface area contributed by atoms with Gasteiger partial charge < -0.3 is 11.1 Å². The summed E-state index contributed by atoms with van der Waals surface area (Å²) < 4.78 is 0. The molecule has 2 aliphatic rings. The normalized spacial score (nSPS) is 28.8. The molecule has 0 aliphatic heterocycles. The zero-order chi connectivity index (χ0) is 13.2. The van der Waals surface area contributed by atoms with Gasteiger partial charge in [-0.3, -0.25) is 4.79 Å². The summed E-state index contributed by atoms with van der Waals surface area (Å²) in [7, 11) is 0. The molecule has 20 heavy (non-hydrogen) atoms. The number of amides is 1. The highest BCUT2D eigenvalue weighted by molar-refractivity contribution is 5.85. The Morgan fingerprint density at radius 1 is 1.25 bits per heavy atom. The summed E-state index contributed by atoms with van der Waals surface area (Å²) in [5, 5.41) is 3.04. The lowest BCUT2D eigenvalue weighted by Gasteiger charge is -2.22. The molecule has 110 valence electrons. The lowest BCUT2D eigenvalue weighted by atomic mass is 9.89. The summed E-state index contributed by atoms with van der Waals surface area (Å²) in [5.41, 5.74) is 6.87. The zero-order valence-electron chi connectivity index (χ0n) is 11.6. The van der Waals surface area contributed by atoms with Gasteiger partial charge in [0, 0.05) is 6.54 Å². The molecule has 4 heteroatoms. The van der Waals surface area contributed by atoms with Crippen molar-refractivity contribution in [2.45, 2.75) is 31.7 Å². The predicted octanol–water partition coefficient (Wildman–Crippen LogP) is 2.66. The number of halogens is 1. The van der Waals surface area contributed by atoms with Gasteiger partial charge in [0.25, 0.3) is 0 Å². The maximum absolute atomic E-state index is 12.1. The van der Waals surface area contributed by atoms with Crippen molar-refractivity contribution in [1.82, 2.24) is 5.32 Å². The summed E-state index contributed by atoms with van der Waals surface area (Å²) in [6, 6.07) is 9.03. The van der Waals surface area contributed by atoms with Crippen molar-refractivity contribution in [2.24, 2.45) is 23.5 Å². The number of fused-ring (bicyclic) bond motifs is 2. The fourth-order valence-electron chi connectivity index (χ4n) is 3.78. The maximum atomic E-state index is 12.1. The van der Waals surface area contributed by atoms with Crippen LogP contribution >= 0.6 is 12.4 Å². The minimum atomic E-state index is -0.542. The van der Waals surface area contributed by atoms with E-state index in [0.717, 1.165) is 23.9 Å². The topological polar surface area (TPSA) is 55.1 Å². The van der Waals surface area contributed by atoms with Gasteiger partial charge in [0.05, 0.1) is 0 Å². The van der Waals surface area contributed by atoms with Gasteiger partial charge in [-0.15, -0.1) is 12.4 Å². The number of carbonyl (C=O) groups is 1. The highest BCUT2D eigenvalue weighted by Crippen LogP contribution is 2.47. The van der Waals surface area contributed by atoms with Crippen LogP contribution in [0.5, 0.6) is 0 Å². The van der Waals surface area contributed by atoms with E-state index in [1.54, 1.807) is 0 Å². The van der Waals surface area contributed by atoms with Crippen molar-refractivity contribution in [3.05, 3.63) is 35.9 Å². The van der Waals surface area contributed by atoms with E-state index >= 15 is 0 Å². The van der Waals surface area contributed by atoms with E-state index in [1.165, 1.54) is 25.7 Å². The van der Waals surface area contributed by atoms with Crippen LogP contribution < -0.4 is 11.1 Å². The summed E-state index contributed by atoms with van der Waals surface area (Å²) >= 11 is 0. The fourth-order valence-corrected chi connectivity index (χ4v) is 3.78. The first-order valence-corrected chi connectivity index (χ1v) is 7.32. The third kappa shape index (κ3) is 3.15. The minimum Gasteiger partial charge on any atom is -0.354 e. The minimum absolute atomic E-state index is 0. The second-order valence-corrected chi connectivity index (χ2v) is 6.07. The monoisotopic (exact) mass is 294 g/mol. The van der Waals surface area contributed by atoms with Crippen molar-refractivity contribution in [1.29, 1.82) is 0 Å². The SMILES string of the molecule is Cl.NC(C(=O)NCC1CC2CCC1C2)c1ccccc1. The summed E-state index contributed by atoms with van der Waals surface area (Å²) in [4.78, 5) is 12.1. The zero-order valence-corrected chi connectivity index (χ0v) is 12.4. The first-order valence-electron chi connectivity index (χ1n) is 7.32. The number of carbonyl (C=O) groups excluding carboxylic acids is 1. The van der Waals surface area contributed by atoms with Gasteiger partial charge >= 0.3 is 0 Å². The van der Waals surface area contributed by atoms with Crippen molar-refractivity contribution in [3.8, 4) is 0 Å². The molecule has 1 aromatic rings. The Morgan fingerprint density at radius 2 is 2.00 bits per heavy atom. The molecule has 3 nitrogen and oxygen atoms in total. The second-order valence-electron chi connectivity index (χ2n) is 6.07. The van der Waals surface area contributed by atoms with Gasteiger partial charge in [-0.1, -0.05) is 36.8 Å². The number of rotatable bonds is 4. The quantitative estimate of drug-likeness (QED) is 0.897. The van der Waals surface area contributed by atoms with E-state index in [2.05, 4.69) is 5.32 Å². The van der Waals surface area contributed by atoms with E-state index in [-0.39, 0.29) is 18.3 Å². The van der Waals surface area contributed by atoms with Crippen LogP contribution in [-0.4, -0.2) is 12.5 Å². The highest BCUT2D eigenvalue weighted by atomic mass is 35.5. The average molecular weight is 295 g/mol. The first-order chi connectivity index (χ1) is 9.24. The summed E-state index contributed by atoms with van der Waals surface area (Å²) in [5.74, 6) is 2.41. The average Bonchev–Trinajstić information content (AvgIpc) is 3.07. The van der Waals surface area contributed by atoms with Gasteiger partial charge in [-0.2, -0.15) is 0 Å². The Hall–Kier alpha value is -1.06. The molecule has 2 saturated carbocycles. The number of hydrogen-bond donors (Lipinski definition) is 2. The van der Waals surface area contributed by atoms with E-state index in [9.17, 15) is 4.79 Å². The molecular formula is C16H23ClN2O. The molecule has 2 fully saturated rings. The standard InChI is InChI=1S/C16H22N2O.ClH/c17-15(12-4-2-1-3-5-12)16(19)18-10-14-9-11-6-7-13(14)8-11;/h1-5,11,13-15H,6-10,17H2,(H,18,19);1H. The van der Waals surface area contributed by atoms with E-state index in [1.807, 2.05) is 30.3 Å². The van der Waals surface area contributed by atoms with Crippen LogP contribution in [0.25, 0.3) is 0 Å². The van der Waals surface area contributed by atoms with E-state index in [4.69, 9.17) is 5.73 Å². The van der Waals surface area contributed by atoms with Crippen molar-refractivity contribution in [2.75, 3.05) is 6.54 Å². The molecule has 1 aromatic carbocycles. The predicted molar refractivity (Wildman–Crippen MR) is 82.6 cm³/mol. The second kappa shape index (κ2) is 6.59. The van der Waals surface area contributed by atoms with Gasteiger partial charge in [0.15, 0.2) is 0 Å². The summed E-state index contributed by atoms with van der Waals surface area (Å²) in [6.45, 7) is 0.806. The van der Waals surface area contributed by atoms with E-state index in [0.29, 0.717) is 5.92 Å². The Bertz CT molecular complexity index is 451. The Morgan fingerprint density at radius 3 is 2.60 bits per heavy atom. The molecule has 3 rings (SSSR count). The van der Waals surface area contributed by atoms with Crippen LogP contribution in [0.3, 0.4) is 0 Å². The Balaban J connectivity index is 0.00000147. The van der Waals surface area contributed by atoms with Crippen LogP contribution in [0.2, 0.25) is 0 Å². The molecule has 0 heterocycles. The van der Waals surface area contributed by atoms with Crippen molar-refractivity contribution >= 4 is 18.3 Å². The van der Waals surface area contributed by atoms with Gasteiger partial charge in [0.1, 0.15) is 6.04 Å². The number of benzene rings is 1.